The number of nitrogens with one attached hydrogen (secondary N) is 2. The van der Waals surface area contributed by atoms with Crippen molar-refractivity contribution in [3.8, 4) is 0 Å². The fourth-order valence-corrected chi connectivity index (χ4v) is 5.60. The highest BCUT2D eigenvalue weighted by molar-refractivity contribution is 6.38. The lowest BCUT2D eigenvalue weighted by atomic mass is 9.66. The number of barbiturate groups is 1. The minimum absolute atomic E-state index is 0.0454. The summed E-state index contributed by atoms with van der Waals surface area (Å²) >= 11 is 6.80. The molecule has 3 aliphatic heterocycles. The zero-order valence-corrected chi connectivity index (χ0v) is 17.9. The van der Waals surface area contributed by atoms with E-state index in [0.29, 0.717) is 39.5 Å². The molecule has 1 aromatic carbocycles. The lowest BCUT2D eigenvalue weighted by Gasteiger charge is -2.55. The number of hydrogen-bond donors (Lipinski definition) is 2. The Bertz CT molecular complexity index is 1110. The Morgan fingerprint density at radius 1 is 1.29 bits per heavy atom. The number of morpholine rings is 1. The number of ether oxygens (including phenoxy) is 2. The number of nitrogens with zero attached hydrogens (tertiary/aromatic N) is 2. The summed E-state index contributed by atoms with van der Waals surface area (Å²) < 4.78 is 16.7. The van der Waals surface area contributed by atoms with E-state index in [4.69, 9.17) is 25.6 Å². The van der Waals surface area contributed by atoms with Crippen LogP contribution in [0.25, 0.3) is 11.0 Å². The molecule has 2 N–H and O–H groups in total. The van der Waals surface area contributed by atoms with Gasteiger partial charge in [-0.15, -0.1) is 0 Å². The number of benzene rings is 1. The number of amides is 4. The molecule has 0 radical (unpaired) electrons. The van der Waals surface area contributed by atoms with Gasteiger partial charge in [0.15, 0.2) is 11.0 Å². The van der Waals surface area contributed by atoms with Gasteiger partial charge in [-0.05, 0) is 31.9 Å². The van der Waals surface area contributed by atoms with E-state index in [1.165, 1.54) is 0 Å². The minimum Gasteiger partial charge on any atom is -0.378 e. The topological polar surface area (TPSA) is 123 Å². The number of rotatable bonds is 2. The normalized spacial score (nSPS) is 27.2. The van der Waals surface area contributed by atoms with Crippen molar-refractivity contribution in [3.63, 3.8) is 0 Å². The molecule has 3 atom stereocenters. The number of hydrogen-bond acceptors (Lipinski definition) is 8. The Hall–Kier alpha value is -2.69. The van der Waals surface area contributed by atoms with Crippen LogP contribution < -0.4 is 15.5 Å². The maximum absolute atomic E-state index is 13.2. The molecule has 11 heteroatoms. The molecule has 1 aromatic heterocycles. The highest BCUT2D eigenvalue weighted by Crippen LogP contribution is 2.51. The van der Waals surface area contributed by atoms with Gasteiger partial charge in [0.05, 0.1) is 30.5 Å². The first kappa shape index (κ1) is 20.2. The third kappa shape index (κ3) is 2.71. The van der Waals surface area contributed by atoms with Gasteiger partial charge in [-0.25, -0.2) is 4.79 Å². The van der Waals surface area contributed by atoms with Crippen molar-refractivity contribution in [3.05, 3.63) is 22.3 Å². The van der Waals surface area contributed by atoms with E-state index >= 15 is 0 Å². The molecule has 4 heterocycles. The molecule has 0 aliphatic carbocycles. The zero-order chi connectivity index (χ0) is 22.1. The van der Waals surface area contributed by atoms with Gasteiger partial charge in [0, 0.05) is 19.0 Å². The molecule has 31 heavy (non-hydrogen) atoms. The van der Waals surface area contributed by atoms with Crippen molar-refractivity contribution >= 4 is 46.1 Å². The van der Waals surface area contributed by atoms with Crippen LogP contribution >= 0.6 is 11.6 Å². The van der Waals surface area contributed by atoms with E-state index in [-0.39, 0.29) is 19.1 Å². The summed E-state index contributed by atoms with van der Waals surface area (Å²) in [7, 11) is 1.55. The fourth-order valence-electron chi connectivity index (χ4n) is 5.24. The fraction of sp³-hybridized carbons (Fsp3) is 0.500. The molecular weight excluding hydrogens is 428 g/mol. The summed E-state index contributed by atoms with van der Waals surface area (Å²) in [6, 6.07) is 0.340. The van der Waals surface area contributed by atoms with E-state index in [1.807, 2.05) is 24.8 Å². The molecule has 3 aliphatic rings. The van der Waals surface area contributed by atoms with Crippen molar-refractivity contribution < 1.29 is 28.4 Å². The van der Waals surface area contributed by atoms with Gasteiger partial charge in [-0.2, -0.15) is 0 Å². The minimum atomic E-state index is -1.56. The van der Waals surface area contributed by atoms with Gasteiger partial charge in [0.25, 0.3) is 0 Å². The second-order valence-electron chi connectivity index (χ2n) is 8.27. The SMILES string of the molecule is COCc1noc2c(Cl)c3c(cc12)CC1(C(=O)NC(=O)NC1=O)[C@H]1[C@H](C)O[C@H](C)CN31. The summed E-state index contributed by atoms with van der Waals surface area (Å²) in [6.45, 7) is 4.35. The third-order valence-corrected chi connectivity index (χ3v) is 6.67. The molecule has 4 amide bonds. The van der Waals surface area contributed by atoms with Crippen molar-refractivity contribution in [2.24, 2.45) is 5.41 Å². The predicted octanol–water partition coefficient (Wildman–Crippen LogP) is 1.52. The Morgan fingerprint density at radius 2 is 2.00 bits per heavy atom. The van der Waals surface area contributed by atoms with Gasteiger partial charge in [-0.3, -0.25) is 20.2 Å². The van der Waals surface area contributed by atoms with Crippen LogP contribution in [0.15, 0.2) is 10.6 Å². The molecule has 2 fully saturated rings. The maximum atomic E-state index is 13.2. The Kier molecular flexibility index (Phi) is 4.51. The number of imide groups is 2. The van der Waals surface area contributed by atoms with Gasteiger partial charge in [-0.1, -0.05) is 16.8 Å². The van der Waals surface area contributed by atoms with Crippen LogP contribution in [0.3, 0.4) is 0 Å². The van der Waals surface area contributed by atoms with Crippen molar-refractivity contribution in [2.75, 3.05) is 18.6 Å². The average molecular weight is 449 g/mol. The first-order chi connectivity index (χ1) is 14.8. The number of methoxy groups -OCH3 is 1. The van der Waals surface area contributed by atoms with Crippen molar-refractivity contribution in [1.82, 2.24) is 15.8 Å². The number of halogens is 1. The molecule has 164 valence electrons. The summed E-state index contributed by atoms with van der Waals surface area (Å²) in [5.74, 6) is -1.30. The van der Waals surface area contributed by atoms with E-state index < -0.39 is 35.4 Å². The second kappa shape index (κ2) is 6.91. The number of aromatic nitrogens is 1. The van der Waals surface area contributed by atoms with Crippen LogP contribution in [0.5, 0.6) is 0 Å². The van der Waals surface area contributed by atoms with Crippen LogP contribution in [0, 0.1) is 5.41 Å². The van der Waals surface area contributed by atoms with Crippen LogP contribution in [-0.2, 0) is 32.1 Å². The first-order valence-corrected chi connectivity index (χ1v) is 10.3. The van der Waals surface area contributed by atoms with E-state index in [1.54, 1.807) is 7.11 Å². The highest BCUT2D eigenvalue weighted by atomic mass is 35.5. The van der Waals surface area contributed by atoms with Crippen LogP contribution in [-0.4, -0.2) is 54.9 Å². The molecule has 0 bridgehead atoms. The van der Waals surface area contributed by atoms with Gasteiger partial charge < -0.3 is 18.9 Å². The molecule has 5 rings (SSSR count). The number of carbonyl (C=O) groups is 3. The molecule has 2 aromatic rings. The smallest absolute Gasteiger partial charge is 0.328 e. The van der Waals surface area contributed by atoms with Gasteiger partial charge >= 0.3 is 6.03 Å². The molecule has 0 saturated carbocycles. The zero-order valence-electron chi connectivity index (χ0n) is 17.2. The van der Waals surface area contributed by atoms with E-state index in [0.717, 1.165) is 0 Å². The lowest BCUT2D eigenvalue weighted by Crippen LogP contribution is -2.75. The van der Waals surface area contributed by atoms with Crippen LogP contribution in [0.4, 0.5) is 10.5 Å². The number of urea groups is 1. The molecule has 1 spiro atoms. The molecule has 10 nitrogen and oxygen atoms in total. The van der Waals surface area contributed by atoms with Crippen LogP contribution in [0.1, 0.15) is 25.1 Å². The third-order valence-electron chi connectivity index (χ3n) is 6.32. The first-order valence-electron chi connectivity index (χ1n) is 9.95. The highest BCUT2D eigenvalue weighted by Gasteiger charge is 2.63. The quantitative estimate of drug-likeness (QED) is 0.663. The summed E-state index contributed by atoms with van der Waals surface area (Å²) in [6.07, 6.45) is -0.604. The summed E-state index contributed by atoms with van der Waals surface area (Å²) in [5.41, 5.74) is 0.798. The Morgan fingerprint density at radius 3 is 2.68 bits per heavy atom. The maximum Gasteiger partial charge on any atom is 0.328 e. The van der Waals surface area contributed by atoms with E-state index in [2.05, 4.69) is 15.8 Å². The average Bonchev–Trinajstić information content (AvgIpc) is 3.08. The van der Waals surface area contributed by atoms with Crippen molar-refractivity contribution in [2.45, 2.75) is 45.1 Å². The molecule has 2 saturated heterocycles. The monoisotopic (exact) mass is 448 g/mol. The van der Waals surface area contributed by atoms with E-state index in [9.17, 15) is 14.4 Å². The summed E-state index contributed by atoms with van der Waals surface area (Å²) in [5, 5.41) is 9.61. The predicted molar refractivity (Wildman–Crippen MR) is 109 cm³/mol. The number of anilines is 1. The Labute approximate surface area is 182 Å². The summed E-state index contributed by atoms with van der Waals surface area (Å²) in [4.78, 5) is 40.1. The molecular formula is C20H21ClN4O6. The van der Waals surface area contributed by atoms with Gasteiger partial charge in [0.2, 0.25) is 11.8 Å². The Balaban J connectivity index is 1.77. The second-order valence-corrected chi connectivity index (χ2v) is 8.65. The standard InChI is InChI=1S/C20H21ClN4O6/c1-8-6-25-14-10(4-11-12(7-29-3)24-31-15(11)13(14)21)5-20(16(25)9(2)30-8)17(26)22-19(28)23-18(20)27/h4,8-9,16H,5-7H2,1-3H3,(H2,22,23,26,27,28)/t8-,9+,16-/m1/s1. The number of carbonyl (C=O) groups excluding carboxylic acids is 3. The van der Waals surface area contributed by atoms with Crippen molar-refractivity contribution in [1.29, 1.82) is 0 Å². The largest absolute Gasteiger partial charge is 0.378 e. The number of fused-ring (bicyclic) bond motifs is 5. The van der Waals surface area contributed by atoms with Gasteiger partial charge in [0.1, 0.15) is 10.7 Å². The van der Waals surface area contributed by atoms with Crippen LogP contribution in [0.2, 0.25) is 5.02 Å². The lowest BCUT2D eigenvalue weighted by molar-refractivity contribution is -0.153. The molecule has 0 unspecified atom stereocenters.